The molecule has 1 aromatic rings. The van der Waals surface area contributed by atoms with Crippen molar-refractivity contribution >= 4 is 11.7 Å². The maximum atomic E-state index is 12.2. The maximum absolute atomic E-state index is 12.2. The molecule has 0 heterocycles. The van der Waals surface area contributed by atoms with Crippen LogP contribution in [0.3, 0.4) is 0 Å². The average Bonchev–Trinajstić information content (AvgIpc) is 3.14. The smallest absolute Gasteiger partial charge is 0.322 e. The Hall–Kier alpha value is -1.55. The van der Waals surface area contributed by atoms with Gasteiger partial charge in [-0.15, -0.1) is 0 Å². The number of carbonyl (C=O) groups excluding carboxylic acids is 1. The number of aliphatic hydroxyl groups excluding tert-OH is 1. The molecule has 0 atom stereocenters. The maximum Gasteiger partial charge on any atom is 0.322 e. The van der Waals surface area contributed by atoms with Crippen LogP contribution in [0.2, 0.25) is 0 Å². The van der Waals surface area contributed by atoms with Crippen molar-refractivity contribution < 1.29 is 9.90 Å². The molecular weight excluding hydrogens is 228 g/mol. The van der Waals surface area contributed by atoms with Crippen molar-refractivity contribution in [3.05, 3.63) is 29.3 Å². The van der Waals surface area contributed by atoms with Crippen LogP contribution in [0.4, 0.5) is 10.5 Å². The van der Waals surface area contributed by atoms with Gasteiger partial charge >= 0.3 is 6.03 Å². The Morgan fingerprint density at radius 1 is 1.44 bits per heavy atom. The zero-order chi connectivity index (χ0) is 13.1. The first-order valence-corrected chi connectivity index (χ1v) is 6.37. The molecule has 1 fully saturated rings. The van der Waals surface area contributed by atoms with Gasteiger partial charge < -0.3 is 15.3 Å². The second-order valence-corrected chi connectivity index (χ2v) is 4.90. The van der Waals surface area contributed by atoms with Crippen LogP contribution in [0.5, 0.6) is 0 Å². The van der Waals surface area contributed by atoms with Gasteiger partial charge in [-0.2, -0.15) is 0 Å². The van der Waals surface area contributed by atoms with E-state index < -0.39 is 0 Å². The van der Waals surface area contributed by atoms with Crippen LogP contribution in [-0.4, -0.2) is 35.2 Å². The van der Waals surface area contributed by atoms with Crippen LogP contribution in [0.25, 0.3) is 0 Å². The number of hydrogen-bond donors (Lipinski definition) is 2. The number of nitrogens with one attached hydrogen (secondary N) is 1. The fourth-order valence-corrected chi connectivity index (χ4v) is 2.00. The molecule has 0 aromatic heterocycles. The Labute approximate surface area is 108 Å². The number of carbonyl (C=O) groups is 1. The van der Waals surface area contributed by atoms with Gasteiger partial charge in [-0.1, -0.05) is 12.1 Å². The molecule has 4 heteroatoms. The van der Waals surface area contributed by atoms with Crippen LogP contribution in [-0.2, 0) is 0 Å². The number of nitrogens with zero attached hydrogens (tertiary/aromatic N) is 1. The third kappa shape index (κ3) is 3.01. The van der Waals surface area contributed by atoms with Crippen molar-refractivity contribution in [1.29, 1.82) is 0 Å². The lowest BCUT2D eigenvalue weighted by Gasteiger charge is -2.22. The molecule has 2 rings (SSSR count). The second-order valence-electron chi connectivity index (χ2n) is 4.90. The first kappa shape index (κ1) is 12.9. The number of rotatable bonds is 4. The molecule has 1 aromatic carbocycles. The van der Waals surface area contributed by atoms with Gasteiger partial charge in [-0.25, -0.2) is 4.79 Å². The van der Waals surface area contributed by atoms with E-state index in [0.717, 1.165) is 29.7 Å². The molecule has 1 aliphatic rings. The largest absolute Gasteiger partial charge is 0.395 e. The lowest BCUT2D eigenvalue weighted by molar-refractivity contribution is 0.185. The van der Waals surface area contributed by atoms with E-state index in [-0.39, 0.29) is 12.6 Å². The standard InChI is InChI=1S/C14H20N2O2/c1-10-3-4-11(2)13(9-10)15-14(18)16(7-8-17)12-5-6-12/h3-4,9,12,17H,5-8H2,1-2H3,(H,15,18). The van der Waals surface area contributed by atoms with Gasteiger partial charge in [0.05, 0.1) is 6.61 Å². The molecule has 1 aliphatic carbocycles. The van der Waals surface area contributed by atoms with Crippen molar-refractivity contribution in [2.24, 2.45) is 0 Å². The molecule has 18 heavy (non-hydrogen) atoms. The van der Waals surface area contributed by atoms with E-state index in [9.17, 15) is 4.79 Å². The van der Waals surface area contributed by atoms with E-state index in [4.69, 9.17) is 5.11 Å². The predicted octanol–water partition coefficient (Wildman–Crippen LogP) is 2.29. The van der Waals surface area contributed by atoms with Gasteiger partial charge in [0.1, 0.15) is 0 Å². The molecule has 2 N–H and O–H groups in total. The third-order valence-corrected chi connectivity index (χ3v) is 3.22. The molecule has 0 unspecified atom stereocenters. The summed E-state index contributed by atoms with van der Waals surface area (Å²) in [6, 6.07) is 6.19. The minimum Gasteiger partial charge on any atom is -0.395 e. The minimum atomic E-state index is -0.111. The summed E-state index contributed by atoms with van der Waals surface area (Å²) >= 11 is 0. The fourth-order valence-electron chi connectivity index (χ4n) is 2.00. The van der Waals surface area contributed by atoms with E-state index in [1.54, 1.807) is 4.90 Å². The fraction of sp³-hybridized carbons (Fsp3) is 0.500. The molecule has 1 saturated carbocycles. The molecular formula is C14H20N2O2. The quantitative estimate of drug-likeness (QED) is 0.859. The molecule has 0 radical (unpaired) electrons. The summed E-state index contributed by atoms with van der Waals surface area (Å²) < 4.78 is 0. The topological polar surface area (TPSA) is 52.6 Å². The van der Waals surface area contributed by atoms with Crippen molar-refractivity contribution in [1.82, 2.24) is 4.90 Å². The summed E-state index contributed by atoms with van der Waals surface area (Å²) in [6.07, 6.45) is 2.08. The Bertz CT molecular complexity index is 441. The first-order chi connectivity index (χ1) is 8.61. The van der Waals surface area contributed by atoms with Crippen molar-refractivity contribution in [2.45, 2.75) is 32.7 Å². The lowest BCUT2D eigenvalue weighted by atomic mass is 10.1. The first-order valence-electron chi connectivity index (χ1n) is 6.37. The summed E-state index contributed by atoms with van der Waals surface area (Å²) in [5.74, 6) is 0. The molecule has 0 spiro atoms. The normalized spacial score (nSPS) is 14.4. The molecule has 98 valence electrons. The molecule has 2 amide bonds. The van der Waals surface area contributed by atoms with Gasteiger partial charge in [0, 0.05) is 18.3 Å². The zero-order valence-electron chi connectivity index (χ0n) is 10.9. The highest BCUT2D eigenvalue weighted by atomic mass is 16.3. The summed E-state index contributed by atoms with van der Waals surface area (Å²) in [5, 5.41) is 11.9. The van der Waals surface area contributed by atoms with Crippen molar-refractivity contribution in [2.75, 3.05) is 18.5 Å². The van der Waals surface area contributed by atoms with Crippen LogP contribution >= 0.6 is 0 Å². The Kier molecular flexibility index (Phi) is 3.87. The number of hydrogen-bond acceptors (Lipinski definition) is 2. The van der Waals surface area contributed by atoms with E-state index in [1.807, 2.05) is 32.0 Å². The molecule has 0 saturated heterocycles. The number of aryl methyl sites for hydroxylation is 2. The number of anilines is 1. The zero-order valence-corrected chi connectivity index (χ0v) is 10.9. The minimum absolute atomic E-state index is 0.0106. The monoisotopic (exact) mass is 248 g/mol. The van der Waals surface area contributed by atoms with Gasteiger partial charge in [-0.05, 0) is 43.9 Å². The summed E-state index contributed by atoms with van der Waals surface area (Å²) in [5.41, 5.74) is 3.02. The number of aliphatic hydroxyl groups is 1. The van der Waals surface area contributed by atoms with Gasteiger partial charge in [0.2, 0.25) is 0 Å². The van der Waals surface area contributed by atoms with Gasteiger partial charge in [0.25, 0.3) is 0 Å². The Balaban J connectivity index is 2.07. The van der Waals surface area contributed by atoms with E-state index >= 15 is 0 Å². The van der Waals surface area contributed by atoms with E-state index in [2.05, 4.69) is 5.32 Å². The van der Waals surface area contributed by atoms with E-state index in [0.29, 0.717) is 12.6 Å². The van der Waals surface area contributed by atoms with E-state index in [1.165, 1.54) is 0 Å². The molecule has 0 aliphatic heterocycles. The third-order valence-electron chi connectivity index (χ3n) is 3.22. The number of benzene rings is 1. The van der Waals surface area contributed by atoms with Crippen LogP contribution < -0.4 is 5.32 Å². The van der Waals surface area contributed by atoms with Crippen LogP contribution in [0.1, 0.15) is 24.0 Å². The SMILES string of the molecule is Cc1ccc(C)c(NC(=O)N(CCO)C2CC2)c1. The predicted molar refractivity (Wildman–Crippen MR) is 71.7 cm³/mol. The molecule has 0 bridgehead atoms. The Morgan fingerprint density at radius 3 is 2.78 bits per heavy atom. The molecule has 4 nitrogen and oxygen atoms in total. The Morgan fingerprint density at radius 2 is 2.17 bits per heavy atom. The number of urea groups is 1. The van der Waals surface area contributed by atoms with Crippen LogP contribution in [0, 0.1) is 13.8 Å². The summed E-state index contributed by atoms with van der Waals surface area (Å²) in [7, 11) is 0. The summed E-state index contributed by atoms with van der Waals surface area (Å²) in [6.45, 7) is 4.39. The summed E-state index contributed by atoms with van der Waals surface area (Å²) in [4.78, 5) is 13.9. The average molecular weight is 248 g/mol. The van der Waals surface area contributed by atoms with Crippen molar-refractivity contribution in [3.8, 4) is 0 Å². The highest BCUT2D eigenvalue weighted by Crippen LogP contribution is 2.27. The van der Waals surface area contributed by atoms with Gasteiger partial charge in [0.15, 0.2) is 0 Å². The van der Waals surface area contributed by atoms with Crippen molar-refractivity contribution in [3.63, 3.8) is 0 Å². The van der Waals surface area contributed by atoms with Crippen LogP contribution in [0.15, 0.2) is 18.2 Å². The highest BCUT2D eigenvalue weighted by molar-refractivity contribution is 5.90. The van der Waals surface area contributed by atoms with Gasteiger partial charge in [-0.3, -0.25) is 0 Å². The number of amides is 2. The highest BCUT2D eigenvalue weighted by Gasteiger charge is 2.32. The lowest BCUT2D eigenvalue weighted by Crippen LogP contribution is -2.38. The second kappa shape index (κ2) is 5.40.